The molecular weight excluding hydrogens is 494 g/mol. The molecule has 0 spiro atoms. The highest BCUT2D eigenvalue weighted by Crippen LogP contribution is 2.35. The van der Waals surface area contributed by atoms with Crippen molar-refractivity contribution in [2.45, 2.75) is 6.10 Å². The quantitative estimate of drug-likeness (QED) is 0.354. The first kappa shape index (κ1) is 21.0. The van der Waals surface area contributed by atoms with Crippen LogP contribution >= 0.6 is 22.7 Å². The van der Waals surface area contributed by atoms with Gasteiger partial charge in [0.2, 0.25) is 4.96 Å². The first-order valence-electron chi connectivity index (χ1n) is 11.2. The van der Waals surface area contributed by atoms with Gasteiger partial charge in [-0.15, -0.1) is 16.4 Å². The van der Waals surface area contributed by atoms with Crippen molar-refractivity contribution in [2.24, 2.45) is 0 Å². The van der Waals surface area contributed by atoms with Crippen LogP contribution in [0.1, 0.15) is 17.5 Å². The van der Waals surface area contributed by atoms with Crippen molar-refractivity contribution in [1.29, 1.82) is 0 Å². The SMILES string of the molecule is O=c1/c(=C/c2cn(-c3ccccc3)nc2-c2cccs2)sc2nc([C@H]3COc4ccccc4O3)nn12. The molecule has 2 aromatic carbocycles. The Kier molecular flexibility index (Phi) is 4.93. The van der Waals surface area contributed by atoms with Gasteiger partial charge in [0.1, 0.15) is 12.3 Å². The molecule has 1 aliphatic heterocycles. The molecule has 1 aliphatic rings. The van der Waals surface area contributed by atoms with Gasteiger partial charge in [-0.3, -0.25) is 4.79 Å². The van der Waals surface area contributed by atoms with Gasteiger partial charge in [-0.1, -0.05) is 47.7 Å². The number of thiazole rings is 1. The third-order valence-corrected chi connectivity index (χ3v) is 7.64. The molecule has 0 saturated carbocycles. The molecular formula is C26H17N5O3S2. The number of hydrogen-bond acceptors (Lipinski definition) is 8. The summed E-state index contributed by atoms with van der Waals surface area (Å²) in [5.41, 5.74) is 2.39. The Hall–Kier alpha value is -4.28. The molecule has 0 N–H and O–H groups in total. The van der Waals surface area contributed by atoms with E-state index in [1.54, 1.807) is 11.3 Å². The maximum atomic E-state index is 13.2. The summed E-state index contributed by atoms with van der Waals surface area (Å²) in [6, 6.07) is 21.4. The van der Waals surface area contributed by atoms with Crippen molar-refractivity contribution in [3.05, 3.63) is 105 Å². The summed E-state index contributed by atoms with van der Waals surface area (Å²) < 4.78 is 15.5. The Balaban J connectivity index is 1.28. The predicted octanol–water partition coefficient (Wildman–Crippen LogP) is 4.13. The van der Waals surface area contributed by atoms with Crippen LogP contribution in [0.3, 0.4) is 0 Å². The van der Waals surface area contributed by atoms with E-state index in [2.05, 4.69) is 10.1 Å². The van der Waals surface area contributed by atoms with Crippen LogP contribution in [-0.2, 0) is 0 Å². The Morgan fingerprint density at radius 1 is 0.972 bits per heavy atom. The lowest BCUT2D eigenvalue weighted by Crippen LogP contribution is -2.26. The first-order valence-corrected chi connectivity index (χ1v) is 12.9. The van der Waals surface area contributed by atoms with Crippen LogP contribution in [0.4, 0.5) is 0 Å². The van der Waals surface area contributed by atoms with Crippen LogP contribution in [0.2, 0.25) is 0 Å². The summed E-state index contributed by atoms with van der Waals surface area (Å²) in [7, 11) is 0. The van der Waals surface area contributed by atoms with Crippen LogP contribution < -0.4 is 19.6 Å². The Labute approximate surface area is 212 Å². The van der Waals surface area contributed by atoms with Gasteiger partial charge in [0.15, 0.2) is 23.4 Å². The van der Waals surface area contributed by atoms with Crippen LogP contribution in [0.5, 0.6) is 11.5 Å². The van der Waals surface area contributed by atoms with Gasteiger partial charge in [-0.25, -0.2) is 4.68 Å². The second-order valence-electron chi connectivity index (χ2n) is 8.13. The molecule has 0 bridgehead atoms. The highest BCUT2D eigenvalue weighted by atomic mass is 32.1. The topological polar surface area (TPSA) is 83.5 Å². The summed E-state index contributed by atoms with van der Waals surface area (Å²) in [5, 5.41) is 11.3. The molecule has 6 aromatic rings. The van der Waals surface area contributed by atoms with E-state index < -0.39 is 6.10 Å². The monoisotopic (exact) mass is 511 g/mol. The summed E-state index contributed by atoms with van der Waals surface area (Å²) in [4.78, 5) is 19.4. The van der Waals surface area contributed by atoms with E-state index in [4.69, 9.17) is 14.6 Å². The molecule has 1 atom stereocenters. The van der Waals surface area contributed by atoms with Gasteiger partial charge in [0.25, 0.3) is 5.56 Å². The number of hydrogen-bond donors (Lipinski definition) is 0. The third kappa shape index (κ3) is 3.58. The maximum Gasteiger partial charge on any atom is 0.291 e. The van der Waals surface area contributed by atoms with E-state index in [-0.39, 0.29) is 12.2 Å². The molecule has 0 saturated heterocycles. The van der Waals surface area contributed by atoms with Gasteiger partial charge in [-0.2, -0.15) is 14.6 Å². The molecule has 10 heteroatoms. The van der Waals surface area contributed by atoms with Crippen molar-refractivity contribution in [3.8, 4) is 27.8 Å². The van der Waals surface area contributed by atoms with Gasteiger partial charge < -0.3 is 9.47 Å². The summed E-state index contributed by atoms with van der Waals surface area (Å²) >= 11 is 2.90. The number of rotatable bonds is 4. The van der Waals surface area contributed by atoms with E-state index in [1.807, 2.05) is 89.1 Å². The lowest BCUT2D eigenvalue weighted by atomic mass is 10.2. The fourth-order valence-electron chi connectivity index (χ4n) is 4.08. The predicted molar refractivity (Wildman–Crippen MR) is 138 cm³/mol. The van der Waals surface area contributed by atoms with Gasteiger partial charge in [0, 0.05) is 11.8 Å². The zero-order chi connectivity index (χ0) is 24.1. The largest absolute Gasteiger partial charge is 0.485 e. The number of fused-ring (bicyclic) bond motifs is 2. The third-order valence-electron chi connectivity index (χ3n) is 5.80. The molecule has 0 fully saturated rings. The van der Waals surface area contributed by atoms with Gasteiger partial charge >= 0.3 is 0 Å². The zero-order valence-corrected chi connectivity index (χ0v) is 20.3. The summed E-state index contributed by atoms with van der Waals surface area (Å²) in [6.45, 7) is 0.283. The number of ether oxygens (including phenoxy) is 2. The maximum absolute atomic E-state index is 13.2. The van der Waals surface area contributed by atoms with Crippen molar-refractivity contribution in [2.75, 3.05) is 6.61 Å². The highest BCUT2D eigenvalue weighted by Gasteiger charge is 2.27. The van der Waals surface area contributed by atoms with Crippen LogP contribution in [0, 0.1) is 0 Å². The Morgan fingerprint density at radius 2 is 1.81 bits per heavy atom. The summed E-state index contributed by atoms with van der Waals surface area (Å²) in [5.74, 6) is 1.75. The van der Waals surface area contributed by atoms with Crippen LogP contribution in [0.25, 0.3) is 27.3 Å². The average molecular weight is 512 g/mol. The molecule has 4 aromatic heterocycles. The van der Waals surface area contributed by atoms with Crippen molar-refractivity contribution in [3.63, 3.8) is 0 Å². The Morgan fingerprint density at radius 3 is 2.61 bits per heavy atom. The van der Waals surface area contributed by atoms with Gasteiger partial charge in [-0.05, 0) is 41.8 Å². The molecule has 0 amide bonds. The van der Waals surface area contributed by atoms with E-state index in [9.17, 15) is 4.79 Å². The molecule has 7 rings (SSSR count). The lowest BCUT2D eigenvalue weighted by molar-refractivity contribution is 0.0852. The normalized spacial score (nSPS) is 15.6. The minimum atomic E-state index is -0.478. The Bertz CT molecular complexity index is 1810. The smallest absolute Gasteiger partial charge is 0.291 e. The molecule has 5 heterocycles. The van der Waals surface area contributed by atoms with E-state index in [0.717, 1.165) is 21.8 Å². The number of thiophene rings is 1. The minimum absolute atomic E-state index is 0.226. The van der Waals surface area contributed by atoms with E-state index >= 15 is 0 Å². The fourth-order valence-corrected chi connectivity index (χ4v) is 5.72. The number of nitrogens with zero attached hydrogens (tertiary/aromatic N) is 5. The van der Waals surface area contributed by atoms with Crippen molar-refractivity contribution < 1.29 is 9.47 Å². The zero-order valence-electron chi connectivity index (χ0n) is 18.6. The molecule has 8 nitrogen and oxygen atoms in total. The first-order chi connectivity index (χ1) is 17.7. The lowest BCUT2D eigenvalue weighted by Gasteiger charge is -2.24. The minimum Gasteiger partial charge on any atom is -0.485 e. The van der Waals surface area contributed by atoms with Gasteiger partial charge in [0.05, 0.1) is 15.1 Å². The summed E-state index contributed by atoms with van der Waals surface area (Å²) in [6.07, 6.45) is 3.32. The molecule has 0 aliphatic carbocycles. The van der Waals surface area contributed by atoms with Crippen molar-refractivity contribution >= 4 is 33.7 Å². The van der Waals surface area contributed by atoms with E-state index in [1.165, 1.54) is 15.9 Å². The molecule has 176 valence electrons. The fraction of sp³-hybridized carbons (Fsp3) is 0.0769. The number of para-hydroxylation sites is 3. The van der Waals surface area contributed by atoms with Crippen LogP contribution in [0.15, 0.2) is 83.1 Å². The second-order valence-corrected chi connectivity index (χ2v) is 10.1. The average Bonchev–Trinajstić information content (AvgIpc) is 3.71. The van der Waals surface area contributed by atoms with E-state index in [0.29, 0.717) is 26.8 Å². The number of benzene rings is 2. The number of aromatic nitrogens is 5. The molecule has 36 heavy (non-hydrogen) atoms. The van der Waals surface area contributed by atoms with Crippen molar-refractivity contribution in [1.82, 2.24) is 24.4 Å². The van der Waals surface area contributed by atoms with Crippen LogP contribution in [-0.4, -0.2) is 31.0 Å². The molecule has 0 unspecified atom stereocenters. The standard InChI is InChI=1S/C26H17N5O3S2/c32-25-22(13-16-14-30(17-7-2-1-3-8-17)28-23(16)21-11-6-12-35-21)36-26-27-24(29-31(25)26)20-15-33-18-9-4-5-10-19(18)34-20/h1-14,20H,15H2/b22-13-/t20-/m1/s1. The highest BCUT2D eigenvalue weighted by molar-refractivity contribution is 7.15. The molecule has 0 radical (unpaired) electrons. The second kappa shape index (κ2) is 8.43.